The average molecular weight is 233 g/mol. The Kier molecular flexibility index (Phi) is 2.48. The Morgan fingerprint density at radius 2 is 2.06 bits per heavy atom. The molecule has 2 fully saturated rings. The van der Waals surface area contributed by atoms with Gasteiger partial charge in [0.2, 0.25) is 0 Å². The second kappa shape index (κ2) is 4.00. The predicted octanol–water partition coefficient (Wildman–Crippen LogP) is 1.39. The Bertz CT molecular complexity index is 432. The summed E-state index contributed by atoms with van der Waals surface area (Å²) in [7, 11) is 0. The molecule has 2 bridgehead atoms. The molecular formula is C12H15N3O2. The van der Waals surface area contributed by atoms with E-state index in [1.165, 1.54) is 6.42 Å². The second-order valence-corrected chi connectivity index (χ2v) is 4.84. The lowest BCUT2D eigenvalue weighted by Gasteiger charge is -2.26. The molecule has 1 aromatic carbocycles. The van der Waals surface area contributed by atoms with Crippen LogP contribution in [0.4, 0.5) is 11.4 Å². The molecule has 3 rings (SSSR count). The first-order valence-corrected chi connectivity index (χ1v) is 5.96. The number of non-ortho nitro benzene ring substituents is 1. The maximum Gasteiger partial charge on any atom is 0.269 e. The van der Waals surface area contributed by atoms with E-state index in [1.807, 2.05) is 12.1 Å². The van der Waals surface area contributed by atoms with E-state index in [0.29, 0.717) is 6.04 Å². The molecule has 2 aliphatic heterocycles. The number of fused-ring (bicyclic) bond motifs is 2. The highest BCUT2D eigenvalue weighted by Crippen LogP contribution is 2.31. The lowest BCUT2D eigenvalue weighted by molar-refractivity contribution is -0.384. The van der Waals surface area contributed by atoms with Crippen LogP contribution in [0.25, 0.3) is 0 Å². The zero-order valence-electron chi connectivity index (χ0n) is 9.50. The Labute approximate surface area is 99.6 Å². The van der Waals surface area contributed by atoms with E-state index < -0.39 is 0 Å². The largest absolute Gasteiger partial charge is 0.367 e. The summed E-state index contributed by atoms with van der Waals surface area (Å²) in [6.07, 6.45) is 1.24. The fourth-order valence-corrected chi connectivity index (χ4v) is 2.89. The highest BCUT2D eigenvalue weighted by Gasteiger charge is 2.35. The lowest BCUT2D eigenvalue weighted by atomic mass is 10.0. The number of nitro groups is 1. The molecule has 5 nitrogen and oxygen atoms in total. The van der Waals surface area contributed by atoms with E-state index >= 15 is 0 Å². The minimum atomic E-state index is -0.353. The molecule has 2 saturated heterocycles. The van der Waals surface area contributed by atoms with Crippen LogP contribution in [-0.4, -0.2) is 30.6 Å². The van der Waals surface area contributed by atoms with Crippen molar-refractivity contribution in [3.8, 4) is 0 Å². The van der Waals surface area contributed by atoms with Crippen LogP contribution < -0.4 is 10.2 Å². The van der Waals surface area contributed by atoms with Gasteiger partial charge in [0, 0.05) is 37.0 Å². The minimum Gasteiger partial charge on any atom is -0.367 e. The first-order chi connectivity index (χ1) is 8.24. The van der Waals surface area contributed by atoms with Crippen LogP contribution in [0.2, 0.25) is 0 Å². The van der Waals surface area contributed by atoms with Crippen molar-refractivity contribution in [3.63, 3.8) is 0 Å². The fourth-order valence-electron chi connectivity index (χ4n) is 2.89. The maximum absolute atomic E-state index is 10.6. The summed E-state index contributed by atoms with van der Waals surface area (Å²) in [6, 6.07) is 7.45. The number of anilines is 1. The van der Waals surface area contributed by atoms with Crippen LogP contribution in [0.5, 0.6) is 0 Å². The molecule has 2 heterocycles. The van der Waals surface area contributed by atoms with Crippen LogP contribution in [0.3, 0.4) is 0 Å². The number of hydrogen-bond acceptors (Lipinski definition) is 4. The summed E-state index contributed by atoms with van der Waals surface area (Å²) in [5, 5.41) is 14.0. The van der Waals surface area contributed by atoms with Crippen LogP contribution in [0.15, 0.2) is 24.3 Å². The molecule has 2 unspecified atom stereocenters. The van der Waals surface area contributed by atoms with Gasteiger partial charge < -0.3 is 10.2 Å². The monoisotopic (exact) mass is 233 g/mol. The number of piperidine rings is 1. The zero-order valence-corrected chi connectivity index (χ0v) is 9.50. The van der Waals surface area contributed by atoms with Crippen molar-refractivity contribution in [2.75, 3.05) is 24.5 Å². The van der Waals surface area contributed by atoms with Crippen molar-refractivity contribution in [2.45, 2.75) is 12.5 Å². The molecule has 1 aromatic rings. The standard InChI is InChI=1S/C12H15N3O2/c16-15(17)11-3-1-10(2-4-11)14-8-9-5-12(14)7-13-6-9/h1-4,9,12-13H,5-8H2. The molecule has 0 aliphatic carbocycles. The molecule has 0 spiro atoms. The van der Waals surface area contributed by atoms with Crippen molar-refractivity contribution >= 4 is 11.4 Å². The minimum absolute atomic E-state index is 0.161. The first-order valence-electron chi connectivity index (χ1n) is 5.96. The average Bonchev–Trinajstić information content (AvgIpc) is 2.64. The number of nitro benzene ring substituents is 1. The third-order valence-electron chi connectivity index (χ3n) is 3.71. The van der Waals surface area contributed by atoms with Gasteiger partial charge in [-0.15, -0.1) is 0 Å². The number of nitrogens with one attached hydrogen (secondary N) is 1. The van der Waals surface area contributed by atoms with Crippen molar-refractivity contribution in [2.24, 2.45) is 5.92 Å². The first kappa shape index (κ1) is 10.5. The summed E-state index contributed by atoms with van der Waals surface area (Å²) in [5.74, 6) is 0.726. The molecule has 2 aliphatic rings. The summed E-state index contributed by atoms with van der Waals surface area (Å²) in [4.78, 5) is 12.6. The topological polar surface area (TPSA) is 58.4 Å². The highest BCUT2D eigenvalue weighted by atomic mass is 16.6. The Morgan fingerprint density at radius 1 is 1.29 bits per heavy atom. The second-order valence-electron chi connectivity index (χ2n) is 4.84. The van der Waals surface area contributed by atoms with E-state index in [2.05, 4.69) is 10.2 Å². The van der Waals surface area contributed by atoms with Gasteiger partial charge in [0.1, 0.15) is 0 Å². The highest BCUT2D eigenvalue weighted by molar-refractivity contribution is 5.52. The molecule has 17 heavy (non-hydrogen) atoms. The maximum atomic E-state index is 10.6. The van der Waals surface area contributed by atoms with Gasteiger partial charge in [-0.2, -0.15) is 0 Å². The third kappa shape index (κ3) is 1.86. The Morgan fingerprint density at radius 3 is 2.71 bits per heavy atom. The quantitative estimate of drug-likeness (QED) is 0.619. The van der Waals surface area contributed by atoms with E-state index in [9.17, 15) is 10.1 Å². The predicted molar refractivity (Wildman–Crippen MR) is 65.2 cm³/mol. The zero-order chi connectivity index (χ0) is 11.8. The van der Waals surface area contributed by atoms with Crippen molar-refractivity contribution in [1.82, 2.24) is 5.32 Å². The molecular weight excluding hydrogens is 218 g/mol. The van der Waals surface area contributed by atoms with Gasteiger partial charge in [-0.25, -0.2) is 0 Å². The van der Waals surface area contributed by atoms with E-state index in [-0.39, 0.29) is 10.6 Å². The summed E-state index contributed by atoms with van der Waals surface area (Å²) in [5.41, 5.74) is 1.26. The van der Waals surface area contributed by atoms with Gasteiger partial charge in [0.25, 0.3) is 5.69 Å². The van der Waals surface area contributed by atoms with E-state index in [4.69, 9.17) is 0 Å². The molecule has 1 N–H and O–H groups in total. The number of benzene rings is 1. The van der Waals surface area contributed by atoms with Gasteiger partial charge in [0.15, 0.2) is 0 Å². The third-order valence-corrected chi connectivity index (χ3v) is 3.71. The molecule has 2 atom stereocenters. The molecule has 0 amide bonds. The van der Waals surface area contributed by atoms with Gasteiger partial charge >= 0.3 is 0 Å². The molecule has 0 aromatic heterocycles. The summed E-state index contributed by atoms with van der Waals surface area (Å²) >= 11 is 0. The molecule has 5 heteroatoms. The van der Waals surface area contributed by atoms with Crippen LogP contribution >= 0.6 is 0 Å². The number of nitrogens with zero attached hydrogens (tertiary/aromatic N) is 2. The number of rotatable bonds is 2. The van der Waals surface area contributed by atoms with Crippen LogP contribution in [0.1, 0.15) is 6.42 Å². The molecule has 0 radical (unpaired) electrons. The van der Waals surface area contributed by atoms with Crippen LogP contribution in [0, 0.1) is 16.0 Å². The lowest BCUT2D eigenvalue weighted by Crippen LogP contribution is -2.39. The summed E-state index contributed by atoms with van der Waals surface area (Å²) < 4.78 is 0. The Hall–Kier alpha value is -1.62. The van der Waals surface area contributed by atoms with Crippen molar-refractivity contribution in [1.29, 1.82) is 0 Å². The number of hydrogen-bond donors (Lipinski definition) is 1. The van der Waals surface area contributed by atoms with Gasteiger partial charge in [0.05, 0.1) is 4.92 Å². The van der Waals surface area contributed by atoms with Gasteiger partial charge in [-0.3, -0.25) is 10.1 Å². The van der Waals surface area contributed by atoms with Gasteiger partial charge in [-0.1, -0.05) is 0 Å². The van der Waals surface area contributed by atoms with Gasteiger partial charge in [-0.05, 0) is 31.0 Å². The van der Waals surface area contributed by atoms with Crippen molar-refractivity contribution < 1.29 is 4.92 Å². The SMILES string of the molecule is O=[N+]([O-])c1ccc(N2CC3CNCC2C3)cc1. The normalized spacial score (nSPS) is 27.2. The fraction of sp³-hybridized carbons (Fsp3) is 0.500. The Balaban J connectivity index is 1.82. The van der Waals surface area contributed by atoms with Crippen LogP contribution in [-0.2, 0) is 0 Å². The molecule has 90 valence electrons. The van der Waals surface area contributed by atoms with E-state index in [1.54, 1.807) is 12.1 Å². The summed E-state index contributed by atoms with van der Waals surface area (Å²) in [6.45, 7) is 3.18. The smallest absolute Gasteiger partial charge is 0.269 e. The molecule has 0 saturated carbocycles. The van der Waals surface area contributed by atoms with E-state index in [0.717, 1.165) is 31.2 Å². The van der Waals surface area contributed by atoms with Crippen molar-refractivity contribution in [3.05, 3.63) is 34.4 Å².